The van der Waals surface area contributed by atoms with E-state index in [0.717, 1.165) is 11.1 Å². The Bertz CT molecular complexity index is 599. The highest BCUT2D eigenvalue weighted by molar-refractivity contribution is 5.60. The van der Waals surface area contributed by atoms with Crippen LogP contribution in [0.4, 0.5) is 0 Å². The lowest BCUT2D eigenvalue weighted by atomic mass is 10.1. The largest absolute Gasteiger partial charge is 0.381 e. The first-order chi connectivity index (χ1) is 9.24. The first-order valence-corrected chi connectivity index (χ1v) is 6.16. The molecule has 1 aromatic heterocycles. The first-order valence-electron chi connectivity index (χ1n) is 6.16. The van der Waals surface area contributed by atoms with Crippen LogP contribution in [-0.2, 0) is 11.2 Å². The van der Waals surface area contributed by atoms with Crippen LogP contribution in [0.2, 0.25) is 0 Å². The van der Waals surface area contributed by atoms with Crippen molar-refractivity contribution < 1.29 is 9.26 Å². The molecule has 1 aromatic carbocycles. The smallest absolute Gasteiger partial charge is 0.258 e. The Morgan fingerprint density at radius 1 is 1.42 bits per heavy atom. The van der Waals surface area contributed by atoms with Gasteiger partial charge in [0.25, 0.3) is 5.89 Å². The topological polar surface area (TPSA) is 71.9 Å². The number of hydrogen-bond acceptors (Lipinski definition) is 5. The van der Waals surface area contributed by atoms with E-state index in [1.807, 2.05) is 19.9 Å². The summed E-state index contributed by atoms with van der Waals surface area (Å²) in [6, 6.07) is 7.48. The molecule has 0 aliphatic carbocycles. The van der Waals surface area contributed by atoms with Gasteiger partial charge in [-0.1, -0.05) is 5.16 Å². The van der Waals surface area contributed by atoms with E-state index in [4.69, 9.17) is 14.5 Å². The van der Waals surface area contributed by atoms with Gasteiger partial charge in [0.05, 0.1) is 18.2 Å². The highest BCUT2D eigenvalue weighted by atomic mass is 16.5. The summed E-state index contributed by atoms with van der Waals surface area (Å²) in [7, 11) is 0. The van der Waals surface area contributed by atoms with Crippen LogP contribution in [0.1, 0.15) is 23.9 Å². The van der Waals surface area contributed by atoms with Crippen LogP contribution >= 0.6 is 0 Å². The molecule has 98 valence electrons. The number of nitrogens with zero attached hydrogens (tertiary/aromatic N) is 3. The summed E-state index contributed by atoms with van der Waals surface area (Å²) in [6.45, 7) is 5.13. The summed E-state index contributed by atoms with van der Waals surface area (Å²) >= 11 is 0. The molecular weight excluding hydrogens is 242 g/mol. The molecule has 0 spiro atoms. The Morgan fingerprint density at radius 2 is 2.26 bits per heavy atom. The number of hydrogen-bond donors (Lipinski definition) is 0. The summed E-state index contributed by atoms with van der Waals surface area (Å²) in [5.41, 5.74) is 2.42. The minimum absolute atomic E-state index is 0.480. The second kappa shape index (κ2) is 6.12. The molecule has 0 aliphatic heterocycles. The first kappa shape index (κ1) is 13.2. The van der Waals surface area contributed by atoms with Crippen molar-refractivity contribution in [1.29, 1.82) is 5.26 Å². The molecule has 0 amide bonds. The van der Waals surface area contributed by atoms with E-state index in [2.05, 4.69) is 16.2 Å². The molecule has 19 heavy (non-hydrogen) atoms. The minimum atomic E-state index is 0.480. The molecule has 0 unspecified atom stereocenters. The van der Waals surface area contributed by atoms with E-state index in [9.17, 15) is 0 Å². The maximum atomic E-state index is 8.83. The molecule has 5 heteroatoms. The SMILES string of the molecule is CCOCCc1noc(-c2ccc(C#N)cc2C)n1. The van der Waals surface area contributed by atoms with Crippen LogP contribution in [-0.4, -0.2) is 23.4 Å². The van der Waals surface area contributed by atoms with Crippen molar-refractivity contribution in [2.75, 3.05) is 13.2 Å². The third-order valence-corrected chi connectivity index (χ3v) is 2.73. The second-order valence-electron chi connectivity index (χ2n) is 4.10. The maximum Gasteiger partial charge on any atom is 0.258 e. The van der Waals surface area contributed by atoms with Crippen molar-refractivity contribution in [3.63, 3.8) is 0 Å². The van der Waals surface area contributed by atoms with Crippen molar-refractivity contribution in [3.05, 3.63) is 35.2 Å². The molecule has 0 atom stereocenters. The molecule has 0 N–H and O–H groups in total. The molecule has 5 nitrogen and oxygen atoms in total. The fourth-order valence-electron chi connectivity index (χ4n) is 1.75. The van der Waals surface area contributed by atoms with Crippen LogP contribution < -0.4 is 0 Å². The van der Waals surface area contributed by atoms with Crippen LogP contribution in [0.5, 0.6) is 0 Å². The Morgan fingerprint density at radius 3 is 2.95 bits per heavy atom. The zero-order chi connectivity index (χ0) is 13.7. The highest BCUT2D eigenvalue weighted by Gasteiger charge is 2.11. The third kappa shape index (κ3) is 3.18. The van der Waals surface area contributed by atoms with Gasteiger partial charge < -0.3 is 9.26 Å². The number of benzene rings is 1. The normalized spacial score (nSPS) is 10.4. The average molecular weight is 257 g/mol. The second-order valence-corrected chi connectivity index (χ2v) is 4.10. The number of aromatic nitrogens is 2. The summed E-state index contributed by atoms with van der Waals surface area (Å²) in [4.78, 5) is 4.33. The standard InChI is InChI=1S/C14H15N3O2/c1-3-18-7-6-13-16-14(19-17-13)12-5-4-11(9-15)8-10(12)2/h4-5,8H,3,6-7H2,1-2H3. The van der Waals surface area contributed by atoms with Crippen molar-refractivity contribution in [1.82, 2.24) is 10.1 Å². The Balaban J connectivity index is 2.16. The van der Waals surface area contributed by atoms with Gasteiger partial charge in [-0.2, -0.15) is 10.2 Å². The van der Waals surface area contributed by atoms with Crippen LogP contribution in [0.15, 0.2) is 22.7 Å². The van der Waals surface area contributed by atoms with Gasteiger partial charge >= 0.3 is 0 Å². The van der Waals surface area contributed by atoms with E-state index in [1.165, 1.54) is 0 Å². The lowest BCUT2D eigenvalue weighted by molar-refractivity contribution is 0.149. The highest BCUT2D eigenvalue weighted by Crippen LogP contribution is 2.22. The van der Waals surface area contributed by atoms with Crippen LogP contribution in [0.25, 0.3) is 11.5 Å². The number of aryl methyl sites for hydroxylation is 1. The molecular formula is C14H15N3O2. The van der Waals surface area contributed by atoms with E-state index in [0.29, 0.717) is 36.9 Å². The number of ether oxygens (including phenoxy) is 1. The van der Waals surface area contributed by atoms with E-state index < -0.39 is 0 Å². The molecule has 0 aliphatic rings. The van der Waals surface area contributed by atoms with Crippen molar-refractivity contribution >= 4 is 0 Å². The number of rotatable bonds is 5. The van der Waals surface area contributed by atoms with Gasteiger partial charge in [-0.15, -0.1) is 0 Å². The van der Waals surface area contributed by atoms with Gasteiger partial charge in [-0.05, 0) is 37.6 Å². The predicted molar refractivity (Wildman–Crippen MR) is 69.4 cm³/mol. The molecule has 1 heterocycles. The lowest BCUT2D eigenvalue weighted by Gasteiger charge is -2.00. The van der Waals surface area contributed by atoms with Crippen molar-refractivity contribution in [3.8, 4) is 17.5 Å². The summed E-state index contributed by atoms with van der Waals surface area (Å²) in [6.07, 6.45) is 0.632. The van der Waals surface area contributed by atoms with Gasteiger partial charge in [-0.3, -0.25) is 0 Å². The molecule has 0 fully saturated rings. The number of nitriles is 1. The minimum Gasteiger partial charge on any atom is -0.381 e. The molecule has 0 bridgehead atoms. The molecule has 0 saturated heterocycles. The maximum absolute atomic E-state index is 8.83. The average Bonchev–Trinajstić information content (AvgIpc) is 2.87. The Labute approximate surface area is 111 Å². The van der Waals surface area contributed by atoms with Gasteiger partial charge in [-0.25, -0.2) is 0 Å². The van der Waals surface area contributed by atoms with Crippen LogP contribution in [0, 0.1) is 18.3 Å². The van der Waals surface area contributed by atoms with E-state index in [-0.39, 0.29) is 0 Å². The zero-order valence-electron chi connectivity index (χ0n) is 11.0. The van der Waals surface area contributed by atoms with E-state index >= 15 is 0 Å². The van der Waals surface area contributed by atoms with Gasteiger partial charge in [0.2, 0.25) is 0 Å². The Kier molecular flexibility index (Phi) is 4.26. The fourth-order valence-corrected chi connectivity index (χ4v) is 1.75. The van der Waals surface area contributed by atoms with E-state index in [1.54, 1.807) is 12.1 Å². The zero-order valence-corrected chi connectivity index (χ0v) is 11.0. The fraction of sp³-hybridized carbons (Fsp3) is 0.357. The van der Waals surface area contributed by atoms with Crippen molar-refractivity contribution in [2.24, 2.45) is 0 Å². The predicted octanol–water partition coefficient (Wildman–Crippen LogP) is 2.50. The molecule has 2 aromatic rings. The van der Waals surface area contributed by atoms with Gasteiger partial charge in [0.1, 0.15) is 0 Å². The van der Waals surface area contributed by atoms with Gasteiger partial charge in [0, 0.05) is 18.6 Å². The Hall–Kier alpha value is -2.19. The quantitative estimate of drug-likeness (QED) is 0.769. The lowest BCUT2D eigenvalue weighted by Crippen LogP contribution is -1.99. The monoisotopic (exact) mass is 257 g/mol. The molecule has 0 radical (unpaired) electrons. The summed E-state index contributed by atoms with van der Waals surface area (Å²) in [5.74, 6) is 1.11. The summed E-state index contributed by atoms with van der Waals surface area (Å²) < 4.78 is 10.5. The molecule has 2 rings (SSSR count). The molecule has 0 saturated carbocycles. The van der Waals surface area contributed by atoms with Crippen LogP contribution in [0.3, 0.4) is 0 Å². The van der Waals surface area contributed by atoms with Crippen molar-refractivity contribution in [2.45, 2.75) is 20.3 Å². The van der Waals surface area contributed by atoms with Gasteiger partial charge in [0.15, 0.2) is 5.82 Å². The summed E-state index contributed by atoms with van der Waals surface area (Å²) in [5, 5.41) is 12.7. The third-order valence-electron chi connectivity index (χ3n) is 2.73.